The Morgan fingerprint density at radius 2 is 2.47 bits per heavy atom. The predicted octanol–water partition coefficient (Wildman–Crippen LogP) is -1.11. The van der Waals surface area contributed by atoms with Gasteiger partial charge in [0.1, 0.15) is 12.2 Å². The van der Waals surface area contributed by atoms with Crippen molar-refractivity contribution in [3.63, 3.8) is 0 Å². The van der Waals surface area contributed by atoms with Gasteiger partial charge in [-0.2, -0.15) is 0 Å². The van der Waals surface area contributed by atoms with Gasteiger partial charge in [-0.15, -0.1) is 5.10 Å². The van der Waals surface area contributed by atoms with Crippen LogP contribution in [-0.4, -0.2) is 32.6 Å². The summed E-state index contributed by atoms with van der Waals surface area (Å²) in [5.41, 5.74) is 5.82. The number of rotatable bonds is 5. The lowest BCUT2D eigenvalue weighted by Gasteiger charge is -1.98. The maximum absolute atomic E-state index is 10.9. The van der Waals surface area contributed by atoms with Crippen LogP contribution in [-0.2, 0) is 17.9 Å². The first-order chi connectivity index (χ1) is 8.28. The van der Waals surface area contributed by atoms with Crippen molar-refractivity contribution >= 4 is 5.91 Å². The lowest BCUT2D eigenvalue weighted by atomic mass is 10.4. The van der Waals surface area contributed by atoms with Gasteiger partial charge in [-0.1, -0.05) is 10.4 Å². The van der Waals surface area contributed by atoms with Crippen LogP contribution in [0, 0.1) is 0 Å². The molecule has 0 aliphatic heterocycles. The third-order valence-electron chi connectivity index (χ3n) is 2.05. The molecule has 0 fully saturated rings. The Bertz CT molecular complexity index is 477. The van der Waals surface area contributed by atoms with Crippen molar-refractivity contribution in [3.8, 4) is 0 Å². The summed E-state index contributed by atoms with van der Waals surface area (Å²) in [7, 11) is 0. The highest BCUT2D eigenvalue weighted by molar-refractivity contribution is 5.77. The van der Waals surface area contributed by atoms with E-state index in [1.165, 1.54) is 0 Å². The Hall–Kier alpha value is -2.22. The standard InChI is InChI=1S/C9H12N6O2/c10-3-9(16)11-4-7-5-15(14-13-7)6-8-1-2-12-17-8/h1-2,5H,3-4,6,10H2,(H,11,16). The molecule has 3 N–H and O–H groups in total. The van der Waals surface area contributed by atoms with Crippen LogP contribution in [0.2, 0.25) is 0 Å². The van der Waals surface area contributed by atoms with Crippen LogP contribution in [0.25, 0.3) is 0 Å². The minimum Gasteiger partial charge on any atom is -0.359 e. The molecule has 0 unspecified atom stereocenters. The number of nitrogens with zero attached hydrogens (tertiary/aromatic N) is 4. The second-order valence-electron chi connectivity index (χ2n) is 3.37. The second kappa shape index (κ2) is 5.21. The van der Waals surface area contributed by atoms with Crippen molar-refractivity contribution in [2.45, 2.75) is 13.1 Å². The molecule has 0 saturated carbocycles. The van der Waals surface area contributed by atoms with Gasteiger partial charge in [0.2, 0.25) is 5.91 Å². The lowest BCUT2D eigenvalue weighted by Crippen LogP contribution is -2.29. The zero-order valence-corrected chi connectivity index (χ0v) is 9.04. The first-order valence-electron chi connectivity index (χ1n) is 5.03. The van der Waals surface area contributed by atoms with Crippen LogP contribution in [0.4, 0.5) is 0 Å². The van der Waals surface area contributed by atoms with Crippen LogP contribution in [0.15, 0.2) is 23.0 Å². The van der Waals surface area contributed by atoms with Crippen molar-refractivity contribution in [3.05, 3.63) is 29.9 Å². The quantitative estimate of drug-likeness (QED) is 0.680. The van der Waals surface area contributed by atoms with Crippen LogP contribution in [0.5, 0.6) is 0 Å². The predicted molar refractivity (Wildman–Crippen MR) is 56.5 cm³/mol. The van der Waals surface area contributed by atoms with E-state index in [0.29, 0.717) is 24.5 Å². The molecule has 90 valence electrons. The lowest BCUT2D eigenvalue weighted by molar-refractivity contribution is -0.119. The summed E-state index contributed by atoms with van der Waals surface area (Å²) in [5, 5.41) is 14.0. The van der Waals surface area contributed by atoms with E-state index in [4.69, 9.17) is 10.3 Å². The van der Waals surface area contributed by atoms with Crippen molar-refractivity contribution in [1.82, 2.24) is 25.5 Å². The van der Waals surface area contributed by atoms with E-state index in [1.54, 1.807) is 23.1 Å². The number of nitrogens with two attached hydrogens (primary N) is 1. The summed E-state index contributed by atoms with van der Waals surface area (Å²) in [6.07, 6.45) is 3.29. The van der Waals surface area contributed by atoms with E-state index in [2.05, 4.69) is 20.8 Å². The molecule has 0 aromatic carbocycles. The van der Waals surface area contributed by atoms with Crippen LogP contribution >= 0.6 is 0 Å². The fraction of sp³-hybridized carbons (Fsp3) is 0.333. The molecule has 0 aliphatic rings. The smallest absolute Gasteiger partial charge is 0.234 e. The van der Waals surface area contributed by atoms with Gasteiger partial charge in [-0.25, -0.2) is 4.68 Å². The second-order valence-corrected chi connectivity index (χ2v) is 3.37. The van der Waals surface area contributed by atoms with Crippen LogP contribution in [0.1, 0.15) is 11.5 Å². The van der Waals surface area contributed by atoms with E-state index in [0.717, 1.165) is 0 Å². The Morgan fingerprint density at radius 3 is 3.18 bits per heavy atom. The first kappa shape index (κ1) is 11.3. The fourth-order valence-corrected chi connectivity index (χ4v) is 1.24. The number of hydrogen-bond donors (Lipinski definition) is 2. The van der Waals surface area contributed by atoms with Crippen molar-refractivity contribution < 1.29 is 9.32 Å². The van der Waals surface area contributed by atoms with Crippen molar-refractivity contribution in [1.29, 1.82) is 0 Å². The average molecular weight is 236 g/mol. The number of aromatic nitrogens is 4. The highest BCUT2D eigenvalue weighted by Gasteiger charge is 2.04. The third-order valence-corrected chi connectivity index (χ3v) is 2.05. The molecule has 0 radical (unpaired) electrons. The molecule has 2 aromatic rings. The summed E-state index contributed by atoms with van der Waals surface area (Å²) < 4.78 is 6.54. The molecule has 2 heterocycles. The number of carbonyl (C=O) groups excluding carboxylic acids is 1. The van der Waals surface area contributed by atoms with Crippen LogP contribution in [0.3, 0.4) is 0 Å². The molecule has 2 aromatic heterocycles. The van der Waals surface area contributed by atoms with Gasteiger partial charge in [0, 0.05) is 6.07 Å². The van der Waals surface area contributed by atoms with Gasteiger partial charge in [0.05, 0.1) is 25.5 Å². The molecular formula is C9H12N6O2. The fourth-order valence-electron chi connectivity index (χ4n) is 1.24. The molecule has 1 amide bonds. The van der Waals surface area contributed by atoms with Gasteiger partial charge >= 0.3 is 0 Å². The van der Waals surface area contributed by atoms with Gasteiger partial charge in [-0.3, -0.25) is 4.79 Å². The molecular weight excluding hydrogens is 224 g/mol. The zero-order valence-electron chi connectivity index (χ0n) is 9.04. The Morgan fingerprint density at radius 1 is 1.59 bits per heavy atom. The number of amides is 1. The average Bonchev–Trinajstić information content (AvgIpc) is 2.98. The zero-order chi connectivity index (χ0) is 12.1. The SMILES string of the molecule is NCC(=O)NCc1cn(Cc2ccno2)nn1. The van der Waals surface area contributed by atoms with E-state index in [9.17, 15) is 4.79 Å². The third kappa shape index (κ3) is 3.11. The molecule has 0 bridgehead atoms. The summed E-state index contributed by atoms with van der Waals surface area (Å²) in [4.78, 5) is 10.9. The first-order valence-corrected chi connectivity index (χ1v) is 5.03. The number of nitrogens with one attached hydrogen (secondary N) is 1. The minimum absolute atomic E-state index is 0.0355. The molecule has 0 spiro atoms. The van der Waals surface area contributed by atoms with E-state index < -0.39 is 0 Å². The molecule has 17 heavy (non-hydrogen) atoms. The number of hydrogen-bond acceptors (Lipinski definition) is 6. The molecule has 8 nitrogen and oxygen atoms in total. The van der Waals surface area contributed by atoms with E-state index >= 15 is 0 Å². The maximum atomic E-state index is 10.9. The molecule has 8 heteroatoms. The molecule has 0 saturated heterocycles. The Balaban J connectivity index is 1.90. The largest absolute Gasteiger partial charge is 0.359 e. The summed E-state index contributed by atoms with van der Waals surface area (Å²) in [6.45, 7) is 0.733. The summed E-state index contributed by atoms with van der Waals surface area (Å²) in [5.74, 6) is 0.460. The van der Waals surface area contributed by atoms with Gasteiger partial charge in [0.25, 0.3) is 0 Å². The minimum atomic E-state index is -0.227. The normalized spacial score (nSPS) is 10.4. The van der Waals surface area contributed by atoms with E-state index in [1.807, 2.05) is 0 Å². The van der Waals surface area contributed by atoms with Gasteiger partial charge in [0.15, 0.2) is 5.76 Å². The van der Waals surface area contributed by atoms with E-state index in [-0.39, 0.29) is 12.5 Å². The van der Waals surface area contributed by atoms with Crippen molar-refractivity contribution in [2.75, 3.05) is 6.54 Å². The molecule has 0 aliphatic carbocycles. The van der Waals surface area contributed by atoms with Gasteiger partial charge < -0.3 is 15.6 Å². The summed E-state index contributed by atoms with van der Waals surface area (Å²) >= 11 is 0. The van der Waals surface area contributed by atoms with Crippen LogP contribution < -0.4 is 11.1 Å². The highest BCUT2D eigenvalue weighted by atomic mass is 16.5. The Labute approximate surface area is 96.8 Å². The highest BCUT2D eigenvalue weighted by Crippen LogP contribution is 2.00. The molecule has 0 atom stereocenters. The monoisotopic (exact) mass is 236 g/mol. The maximum Gasteiger partial charge on any atom is 0.234 e. The topological polar surface area (TPSA) is 112 Å². The Kier molecular flexibility index (Phi) is 3.46. The summed E-state index contributed by atoms with van der Waals surface area (Å²) in [6, 6.07) is 1.75. The van der Waals surface area contributed by atoms with Crippen molar-refractivity contribution in [2.24, 2.45) is 5.73 Å². The molecule has 2 rings (SSSR count). The number of carbonyl (C=O) groups is 1. The van der Waals surface area contributed by atoms with Gasteiger partial charge in [-0.05, 0) is 0 Å².